The van der Waals surface area contributed by atoms with Crippen LogP contribution < -0.4 is 5.32 Å². The van der Waals surface area contributed by atoms with E-state index in [1.807, 2.05) is 30.3 Å². The second kappa shape index (κ2) is 8.68. The molecule has 1 aliphatic rings. The van der Waals surface area contributed by atoms with E-state index >= 15 is 0 Å². The van der Waals surface area contributed by atoms with Crippen LogP contribution in [0.25, 0.3) is 11.3 Å². The van der Waals surface area contributed by atoms with Gasteiger partial charge in [0.05, 0.1) is 31.0 Å². The fourth-order valence-corrected chi connectivity index (χ4v) is 3.71. The van der Waals surface area contributed by atoms with E-state index in [0.29, 0.717) is 41.0 Å². The first-order chi connectivity index (χ1) is 14.2. The smallest absolute Gasteiger partial charge is 0.256 e. The van der Waals surface area contributed by atoms with Crippen molar-refractivity contribution in [3.05, 3.63) is 71.2 Å². The molecule has 1 atom stereocenters. The van der Waals surface area contributed by atoms with Crippen molar-refractivity contribution in [2.75, 3.05) is 18.5 Å². The summed E-state index contributed by atoms with van der Waals surface area (Å²) in [6.07, 6.45) is 3.42. The Kier molecular flexibility index (Phi) is 5.83. The van der Waals surface area contributed by atoms with Crippen molar-refractivity contribution in [3.8, 4) is 11.3 Å². The third kappa shape index (κ3) is 4.28. The molecule has 0 radical (unpaired) electrons. The van der Waals surface area contributed by atoms with Gasteiger partial charge in [-0.2, -0.15) is 0 Å². The number of amides is 1. The van der Waals surface area contributed by atoms with Crippen LogP contribution in [0.2, 0.25) is 5.02 Å². The molecule has 2 heterocycles. The van der Waals surface area contributed by atoms with Gasteiger partial charge in [-0.15, -0.1) is 0 Å². The van der Waals surface area contributed by atoms with Gasteiger partial charge in [0, 0.05) is 22.8 Å². The van der Waals surface area contributed by atoms with Crippen molar-refractivity contribution in [2.24, 2.45) is 0 Å². The van der Waals surface area contributed by atoms with Crippen LogP contribution in [0.15, 0.2) is 59.1 Å². The Morgan fingerprint density at radius 3 is 2.83 bits per heavy atom. The van der Waals surface area contributed by atoms with Gasteiger partial charge < -0.3 is 19.7 Å². The van der Waals surface area contributed by atoms with Gasteiger partial charge in [0.15, 0.2) is 5.76 Å². The maximum Gasteiger partial charge on any atom is 0.256 e. The van der Waals surface area contributed by atoms with Gasteiger partial charge in [-0.3, -0.25) is 4.79 Å². The number of para-hydroxylation sites is 1. The van der Waals surface area contributed by atoms with Gasteiger partial charge >= 0.3 is 0 Å². The van der Waals surface area contributed by atoms with Crippen molar-refractivity contribution in [1.29, 1.82) is 0 Å². The van der Waals surface area contributed by atoms with Crippen LogP contribution >= 0.6 is 11.6 Å². The standard InChI is InChI=1S/C22H22ClN3O3/c23-16-9-7-15(8-10-16)20-12-25-21(29-20)13-24-19-6-2-1-5-18(19)22(28)26-11-3-4-17(26)14-27/h1-2,5-10,12,17,24,27H,3-4,11,13-14H2. The van der Waals surface area contributed by atoms with Crippen molar-refractivity contribution >= 4 is 23.2 Å². The average molecular weight is 412 g/mol. The van der Waals surface area contributed by atoms with E-state index in [2.05, 4.69) is 10.3 Å². The molecule has 2 aromatic carbocycles. The first kappa shape index (κ1) is 19.5. The van der Waals surface area contributed by atoms with Crippen molar-refractivity contribution in [3.63, 3.8) is 0 Å². The highest BCUT2D eigenvalue weighted by atomic mass is 35.5. The Morgan fingerprint density at radius 2 is 2.03 bits per heavy atom. The van der Waals surface area contributed by atoms with Gasteiger partial charge in [0.1, 0.15) is 0 Å². The number of anilines is 1. The average Bonchev–Trinajstić information content (AvgIpc) is 3.42. The number of benzene rings is 2. The predicted molar refractivity (Wildman–Crippen MR) is 112 cm³/mol. The van der Waals surface area contributed by atoms with Gasteiger partial charge in [-0.1, -0.05) is 23.7 Å². The van der Waals surface area contributed by atoms with Gasteiger partial charge in [-0.25, -0.2) is 4.98 Å². The summed E-state index contributed by atoms with van der Waals surface area (Å²) in [5.74, 6) is 1.11. The van der Waals surface area contributed by atoms with E-state index in [1.165, 1.54) is 0 Å². The summed E-state index contributed by atoms with van der Waals surface area (Å²) in [6.45, 7) is 1.01. The topological polar surface area (TPSA) is 78.6 Å². The lowest BCUT2D eigenvalue weighted by atomic mass is 10.1. The van der Waals surface area contributed by atoms with E-state index in [4.69, 9.17) is 16.0 Å². The van der Waals surface area contributed by atoms with E-state index in [0.717, 1.165) is 18.4 Å². The minimum Gasteiger partial charge on any atom is -0.439 e. The van der Waals surface area contributed by atoms with E-state index < -0.39 is 0 Å². The SMILES string of the molecule is O=C(c1ccccc1NCc1ncc(-c2ccc(Cl)cc2)o1)N1CCCC1CO. The number of halogens is 1. The number of nitrogens with zero attached hydrogens (tertiary/aromatic N) is 2. The number of carbonyl (C=O) groups is 1. The molecular formula is C22H22ClN3O3. The van der Waals surface area contributed by atoms with Crippen LogP contribution in [0.3, 0.4) is 0 Å². The van der Waals surface area contributed by atoms with Crippen LogP contribution in [0.5, 0.6) is 0 Å². The summed E-state index contributed by atoms with van der Waals surface area (Å²) in [6, 6.07) is 14.6. The summed E-state index contributed by atoms with van der Waals surface area (Å²) in [4.78, 5) is 19.1. The van der Waals surface area contributed by atoms with E-state index in [-0.39, 0.29) is 18.6 Å². The Morgan fingerprint density at radius 1 is 1.24 bits per heavy atom. The minimum absolute atomic E-state index is 0.00880. The number of nitrogens with one attached hydrogen (secondary N) is 1. The Bertz CT molecular complexity index is 987. The van der Waals surface area contributed by atoms with Crippen LogP contribution in [0.4, 0.5) is 5.69 Å². The molecule has 1 unspecified atom stereocenters. The number of aliphatic hydroxyl groups is 1. The lowest BCUT2D eigenvalue weighted by Crippen LogP contribution is -2.37. The number of aliphatic hydroxyl groups excluding tert-OH is 1. The van der Waals surface area contributed by atoms with Gasteiger partial charge in [0.25, 0.3) is 5.91 Å². The first-order valence-corrected chi connectivity index (χ1v) is 9.99. The molecule has 0 bridgehead atoms. The molecule has 7 heteroatoms. The van der Waals surface area contributed by atoms with Gasteiger partial charge in [-0.05, 0) is 49.2 Å². The predicted octanol–water partition coefficient (Wildman–Crippen LogP) is 4.20. The number of hydrogen-bond donors (Lipinski definition) is 2. The number of hydrogen-bond acceptors (Lipinski definition) is 5. The maximum absolute atomic E-state index is 13.0. The van der Waals surface area contributed by atoms with Crippen molar-refractivity contribution < 1.29 is 14.3 Å². The molecule has 1 aromatic heterocycles. The molecule has 3 aromatic rings. The Balaban J connectivity index is 1.47. The highest BCUT2D eigenvalue weighted by molar-refractivity contribution is 6.30. The molecule has 0 saturated carbocycles. The molecule has 150 valence electrons. The molecular weight excluding hydrogens is 390 g/mol. The minimum atomic E-state index is -0.107. The monoisotopic (exact) mass is 411 g/mol. The zero-order valence-corrected chi connectivity index (χ0v) is 16.6. The number of oxazole rings is 1. The molecule has 1 fully saturated rings. The maximum atomic E-state index is 13.0. The third-order valence-corrected chi connectivity index (χ3v) is 5.37. The lowest BCUT2D eigenvalue weighted by molar-refractivity contribution is 0.0678. The fraction of sp³-hybridized carbons (Fsp3) is 0.273. The van der Waals surface area contributed by atoms with Gasteiger partial charge in [0.2, 0.25) is 5.89 Å². The van der Waals surface area contributed by atoms with Crippen molar-refractivity contribution in [2.45, 2.75) is 25.4 Å². The van der Waals surface area contributed by atoms with E-state index in [9.17, 15) is 9.90 Å². The number of rotatable bonds is 6. The zero-order chi connectivity index (χ0) is 20.2. The normalized spacial score (nSPS) is 16.2. The molecule has 1 saturated heterocycles. The lowest BCUT2D eigenvalue weighted by Gasteiger charge is -2.24. The zero-order valence-electron chi connectivity index (χ0n) is 15.8. The molecule has 29 heavy (non-hydrogen) atoms. The Hall–Kier alpha value is -2.83. The largest absolute Gasteiger partial charge is 0.439 e. The molecule has 0 spiro atoms. The summed E-state index contributed by atoms with van der Waals surface area (Å²) in [5.41, 5.74) is 2.19. The summed E-state index contributed by atoms with van der Waals surface area (Å²) in [5, 5.41) is 13.4. The molecule has 2 N–H and O–H groups in total. The number of carbonyl (C=O) groups excluding carboxylic acids is 1. The second-order valence-corrected chi connectivity index (χ2v) is 7.44. The van der Waals surface area contributed by atoms with Crippen LogP contribution in [-0.2, 0) is 6.54 Å². The van der Waals surface area contributed by atoms with Crippen molar-refractivity contribution in [1.82, 2.24) is 9.88 Å². The molecule has 4 rings (SSSR count). The third-order valence-electron chi connectivity index (χ3n) is 5.12. The number of aromatic nitrogens is 1. The summed E-state index contributed by atoms with van der Waals surface area (Å²) in [7, 11) is 0. The van der Waals surface area contributed by atoms with Crippen LogP contribution in [0, 0.1) is 0 Å². The Labute approximate surface area is 174 Å². The quantitative estimate of drug-likeness (QED) is 0.635. The molecule has 6 nitrogen and oxygen atoms in total. The van der Waals surface area contributed by atoms with Crippen LogP contribution in [0.1, 0.15) is 29.1 Å². The summed E-state index contributed by atoms with van der Waals surface area (Å²) >= 11 is 5.93. The highest BCUT2D eigenvalue weighted by Gasteiger charge is 2.29. The molecule has 0 aliphatic carbocycles. The molecule has 1 aliphatic heterocycles. The number of likely N-dealkylation sites (tertiary alicyclic amines) is 1. The second-order valence-electron chi connectivity index (χ2n) is 7.00. The summed E-state index contributed by atoms with van der Waals surface area (Å²) < 4.78 is 5.82. The molecule has 1 amide bonds. The highest BCUT2D eigenvalue weighted by Crippen LogP contribution is 2.25. The fourth-order valence-electron chi connectivity index (χ4n) is 3.58. The van der Waals surface area contributed by atoms with E-state index in [1.54, 1.807) is 29.3 Å². The first-order valence-electron chi connectivity index (χ1n) is 9.61. The van der Waals surface area contributed by atoms with Crippen LogP contribution in [-0.4, -0.2) is 40.1 Å².